The third-order valence-electron chi connectivity index (χ3n) is 1.09. The van der Waals surface area contributed by atoms with Crippen LogP contribution in [0.4, 0.5) is 11.4 Å². The number of hydrogen-bond acceptors (Lipinski definition) is 3. The van der Waals surface area contributed by atoms with Crippen LogP contribution in [0.2, 0.25) is 0 Å². The molecule has 0 aromatic heterocycles. The summed E-state index contributed by atoms with van der Waals surface area (Å²) in [7, 11) is 1.63. The molecule has 0 spiro atoms. The Balaban J connectivity index is 2.95. The van der Waals surface area contributed by atoms with Gasteiger partial charge in [-0.1, -0.05) is 6.07 Å². The summed E-state index contributed by atoms with van der Waals surface area (Å²) in [6, 6.07) is 7.28. The van der Waals surface area contributed by atoms with Crippen LogP contribution >= 0.6 is 0 Å². The fraction of sp³-hybridized carbons (Fsp3) is 0.143. The van der Waals surface area contributed by atoms with Crippen LogP contribution in [-0.2, 0) is 0 Å². The summed E-state index contributed by atoms with van der Waals surface area (Å²) >= 11 is 0. The van der Waals surface area contributed by atoms with Crippen LogP contribution in [0.1, 0.15) is 0 Å². The maximum atomic E-state index is 5.49. The van der Waals surface area contributed by atoms with Gasteiger partial charge in [0, 0.05) is 12.7 Å². The van der Waals surface area contributed by atoms with Gasteiger partial charge in [0.2, 0.25) is 0 Å². The van der Waals surface area contributed by atoms with Crippen molar-refractivity contribution < 1.29 is 0 Å². The Morgan fingerprint density at radius 2 is 2.20 bits per heavy atom. The van der Waals surface area contributed by atoms with Crippen molar-refractivity contribution in [1.82, 2.24) is 0 Å². The van der Waals surface area contributed by atoms with E-state index in [1.807, 2.05) is 18.2 Å². The van der Waals surface area contributed by atoms with E-state index < -0.39 is 0 Å². The molecule has 1 aromatic rings. The third kappa shape index (κ3) is 1.55. The molecule has 0 bridgehead atoms. The molecule has 0 fully saturated rings. The van der Waals surface area contributed by atoms with Crippen LogP contribution < -0.4 is 5.73 Å². The lowest BCUT2D eigenvalue weighted by atomic mass is 10.3. The minimum atomic E-state index is 0.713. The molecular weight excluding hydrogens is 126 g/mol. The van der Waals surface area contributed by atoms with Crippen molar-refractivity contribution >= 4 is 11.4 Å². The predicted octanol–water partition coefficient (Wildman–Crippen LogP) is 1.98. The fourth-order valence-electron chi connectivity index (χ4n) is 0.702. The Labute approximate surface area is 59.6 Å². The van der Waals surface area contributed by atoms with E-state index in [4.69, 9.17) is 5.73 Å². The van der Waals surface area contributed by atoms with Crippen LogP contribution in [0.25, 0.3) is 0 Å². The quantitative estimate of drug-likeness (QED) is 0.464. The molecule has 0 saturated carbocycles. The molecule has 10 heavy (non-hydrogen) atoms. The average molecular weight is 135 g/mol. The third-order valence-corrected chi connectivity index (χ3v) is 1.09. The van der Waals surface area contributed by atoms with Crippen LogP contribution in [0, 0.1) is 0 Å². The summed E-state index contributed by atoms with van der Waals surface area (Å²) < 4.78 is 0. The van der Waals surface area contributed by atoms with Crippen molar-refractivity contribution in [2.24, 2.45) is 10.2 Å². The molecule has 0 radical (unpaired) electrons. The van der Waals surface area contributed by atoms with Crippen molar-refractivity contribution in [3.05, 3.63) is 24.3 Å². The van der Waals surface area contributed by atoms with Crippen molar-refractivity contribution in [3.8, 4) is 0 Å². The van der Waals surface area contributed by atoms with Gasteiger partial charge in [0.25, 0.3) is 0 Å². The Bertz CT molecular complexity index is 242. The normalized spacial score (nSPS) is 10.5. The summed E-state index contributed by atoms with van der Waals surface area (Å²) in [4.78, 5) is 0. The van der Waals surface area contributed by atoms with Gasteiger partial charge < -0.3 is 5.73 Å². The van der Waals surface area contributed by atoms with Crippen LogP contribution in [-0.4, -0.2) is 7.05 Å². The van der Waals surface area contributed by atoms with Gasteiger partial charge in [0.1, 0.15) is 0 Å². The largest absolute Gasteiger partial charge is 0.399 e. The lowest BCUT2D eigenvalue weighted by Crippen LogP contribution is -1.80. The number of nitrogens with zero attached hydrogens (tertiary/aromatic N) is 2. The minimum Gasteiger partial charge on any atom is -0.399 e. The molecule has 1 aromatic carbocycles. The van der Waals surface area contributed by atoms with Crippen molar-refractivity contribution in [2.45, 2.75) is 0 Å². The van der Waals surface area contributed by atoms with E-state index in [1.165, 1.54) is 0 Å². The topological polar surface area (TPSA) is 50.7 Å². The Morgan fingerprint density at radius 3 is 2.80 bits per heavy atom. The number of hydrogen-bond donors (Lipinski definition) is 1. The zero-order valence-corrected chi connectivity index (χ0v) is 5.78. The Hall–Kier alpha value is -1.38. The summed E-state index contributed by atoms with van der Waals surface area (Å²) in [5.74, 6) is 0. The molecule has 0 aliphatic carbocycles. The average Bonchev–Trinajstić information content (AvgIpc) is 1.88. The van der Waals surface area contributed by atoms with E-state index in [2.05, 4.69) is 10.2 Å². The number of nitrogen functional groups attached to an aromatic ring is 1. The van der Waals surface area contributed by atoms with Gasteiger partial charge in [0.15, 0.2) is 0 Å². The molecule has 0 atom stereocenters. The maximum Gasteiger partial charge on any atom is 0.0872 e. The van der Waals surface area contributed by atoms with E-state index in [-0.39, 0.29) is 0 Å². The van der Waals surface area contributed by atoms with Crippen molar-refractivity contribution in [2.75, 3.05) is 12.8 Å². The number of benzene rings is 1. The Kier molecular flexibility index (Phi) is 1.99. The minimum absolute atomic E-state index is 0.713. The first kappa shape index (κ1) is 6.74. The standard InChI is InChI=1S/C7H9N3/c1-9-10-7-4-2-3-6(8)5-7/h2-5H,8H2,1H3. The molecular formula is C7H9N3. The zero-order valence-electron chi connectivity index (χ0n) is 5.78. The highest BCUT2D eigenvalue weighted by Crippen LogP contribution is 2.14. The van der Waals surface area contributed by atoms with Crippen LogP contribution in [0.15, 0.2) is 34.5 Å². The highest BCUT2D eigenvalue weighted by molar-refractivity contribution is 5.49. The van der Waals surface area contributed by atoms with Gasteiger partial charge >= 0.3 is 0 Å². The molecule has 0 amide bonds. The second kappa shape index (κ2) is 2.96. The number of rotatable bonds is 1. The van der Waals surface area contributed by atoms with Gasteiger partial charge in [0.05, 0.1) is 5.69 Å². The molecule has 2 N–H and O–H groups in total. The monoisotopic (exact) mass is 135 g/mol. The van der Waals surface area contributed by atoms with Gasteiger partial charge in [-0.2, -0.15) is 10.2 Å². The van der Waals surface area contributed by atoms with Gasteiger partial charge in [-0.05, 0) is 18.2 Å². The smallest absolute Gasteiger partial charge is 0.0872 e. The van der Waals surface area contributed by atoms with E-state index >= 15 is 0 Å². The van der Waals surface area contributed by atoms with Crippen molar-refractivity contribution in [3.63, 3.8) is 0 Å². The first-order valence-corrected chi connectivity index (χ1v) is 2.98. The molecule has 3 heteroatoms. The molecule has 0 heterocycles. The number of azo groups is 1. The molecule has 1 rings (SSSR count). The van der Waals surface area contributed by atoms with E-state index in [9.17, 15) is 0 Å². The lowest BCUT2D eigenvalue weighted by molar-refractivity contribution is 1.17. The highest BCUT2D eigenvalue weighted by atomic mass is 15.1. The van der Waals surface area contributed by atoms with E-state index in [0.717, 1.165) is 5.69 Å². The molecule has 0 aliphatic heterocycles. The summed E-state index contributed by atoms with van der Waals surface area (Å²) in [5, 5.41) is 7.43. The van der Waals surface area contributed by atoms with Crippen molar-refractivity contribution in [1.29, 1.82) is 0 Å². The van der Waals surface area contributed by atoms with Gasteiger partial charge in [-0.15, -0.1) is 0 Å². The first-order chi connectivity index (χ1) is 4.83. The second-order valence-corrected chi connectivity index (χ2v) is 1.89. The molecule has 3 nitrogen and oxygen atoms in total. The summed E-state index contributed by atoms with van der Waals surface area (Å²) in [5.41, 5.74) is 6.99. The summed E-state index contributed by atoms with van der Waals surface area (Å²) in [6.45, 7) is 0. The molecule has 52 valence electrons. The molecule has 0 unspecified atom stereocenters. The fourth-order valence-corrected chi connectivity index (χ4v) is 0.702. The van der Waals surface area contributed by atoms with Gasteiger partial charge in [-0.25, -0.2) is 0 Å². The number of anilines is 1. The van der Waals surface area contributed by atoms with Crippen LogP contribution in [0.3, 0.4) is 0 Å². The van der Waals surface area contributed by atoms with Crippen LogP contribution in [0.5, 0.6) is 0 Å². The van der Waals surface area contributed by atoms with E-state index in [1.54, 1.807) is 13.1 Å². The van der Waals surface area contributed by atoms with Gasteiger partial charge in [-0.3, -0.25) is 0 Å². The molecule has 0 saturated heterocycles. The maximum absolute atomic E-state index is 5.49. The predicted molar refractivity (Wildman–Crippen MR) is 41.3 cm³/mol. The SMILES string of the molecule is CN=Nc1cccc(N)c1. The Morgan fingerprint density at radius 1 is 1.40 bits per heavy atom. The lowest BCUT2D eigenvalue weighted by Gasteiger charge is -1.91. The molecule has 0 aliphatic rings. The zero-order chi connectivity index (χ0) is 7.40. The second-order valence-electron chi connectivity index (χ2n) is 1.89. The highest BCUT2D eigenvalue weighted by Gasteiger charge is 1.86. The van der Waals surface area contributed by atoms with E-state index in [0.29, 0.717) is 5.69 Å². The first-order valence-electron chi connectivity index (χ1n) is 2.98. The summed E-state index contributed by atoms with van der Waals surface area (Å²) in [6.07, 6.45) is 0. The number of nitrogens with two attached hydrogens (primary N) is 1.